The summed E-state index contributed by atoms with van der Waals surface area (Å²) in [6.45, 7) is 2.92. The van der Waals surface area contributed by atoms with Crippen molar-refractivity contribution >= 4 is 11.8 Å². The number of imidazole rings is 1. The fourth-order valence-electron chi connectivity index (χ4n) is 4.41. The summed E-state index contributed by atoms with van der Waals surface area (Å²) < 4.78 is 1.66. The van der Waals surface area contributed by atoms with Crippen molar-refractivity contribution in [1.29, 1.82) is 0 Å². The fourth-order valence-corrected chi connectivity index (χ4v) is 4.41. The monoisotopic (exact) mass is 370 g/mol. The Labute approximate surface area is 158 Å². The van der Waals surface area contributed by atoms with Crippen LogP contribution in [0.5, 0.6) is 0 Å². The Balaban J connectivity index is 1.43. The number of aryl methyl sites for hydroxylation is 1. The molecular weight excluding hydrogens is 344 g/mol. The van der Waals surface area contributed by atoms with Gasteiger partial charge in [-0.25, -0.2) is 4.98 Å². The van der Waals surface area contributed by atoms with Crippen LogP contribution in [0.2, 0.25) is 0 Å². The Morgan fingerprint density at radius 2 is 2.19 bits per heavy atom. The van der Waals surface area contributed by atoms with Crippen LogP contribution in [0.4, 0.5) is 0 Å². The minimum absolute atomic E-state index is 0.0119. The van der Waals surface area contributed by atoms with Gasteiger partial charge in [-0.3, -0.25) is 14.3 Å². The van der Waals surface area contributed by atoms with Crippen LogP contribution in [0, 0.1) is 5.41 Å². The average molecular weight is 370 g/mol. The number of aromatic nitrogens is 4. The number of hydrogen-bond acceptors (Lipinski definition) is 4. The van der Waals surface area contributed by atoms with Crippen LogP contribution in [0.15, 0.2) is 24.9 Å². The Morgan fingerprint density at radius 1 is 1.30 bits per heavy atom. The molecule has 1 atom stereocenters. The Hall–Kier alpha value is -2.64. The molecule has 2 aromatic rings. The molecule has 0 aliphatic carbocycles. The highest BCUT2D eigenvalue weighted by atomic mass is 16.2. The van der Waals surface area contributed by atoms with Crippen LogP contribution in [-0.2, 0) is 18.3 Å². The van der Waals surface area contributed by atoms with Gasteiger partial charge in [-0.05, 0) is 19.3 Å². The maximum absolute atomic E-state index is 12.8. The standard InChI is InChI=1S/C19H26N6O2/c1-23-11-15(9-22-23)18(27)25-7-2-5-19(13-25)6-3-17(26)24(12-19)8-4-16-10-20-14-21-16/h9-11,14H,2-8,12-13H2,1H3,(H,20,21)/t19-/m1/s1. The molecule has 144 valence electrons. The highest BCUT2D eigenvalue weighted by molar-refractivity contribution is 5.93. The van der Waals surface area contributed by atoms with E-state index in [1.54, 1.807) is 29.6 Å². The highest BCUT2D eigenvalue weighted by Gasteiger charge is 2.42. The van der Waals surface area contributed by atoms with Crippen molar-refractivity contribution in [2.75, 3.05) is 26.2 Å². The normalized spacial score (nSPS) is 23.2. The molecule has 27 heavy (non-hydrogen) atoms. The molecular formula is C19H26N6O2. The van der Waals surface area contributed by atoms with E-state index in [-0.39, 0.29) is 17.2 Å². The molecule has 0 unspecified atom stereocenters. The van der Waals surface area contributed by atoms with Gasteiger partial charge in [-0.15, -0.1) is 0 Å². The summed E-state index contributed by atoms with van der Waals surface area (Å²) in [6.07, 6.45) is 11.1. The quantitative estimate of drug-likeness (QED) is 0.877. The fraction of sp³-hybridized carbons (Fsp3) is 0.579. The summed E-state index contributed by atoms with van der Waals surface area (Å²) in [5.41, 5.74) is 1.69. The number of amides is 2. The van der Waals surface area contributed by atoms with Crippen molar-refractivity contribution < 1.29 is 9.59 Å². The molecule has 0 aromatic carbocycles. The maximum Gasteiger partial charge on any atom is 0.257 e. The average Bonchev–Trinajstić information content (AvgIpc) is 3.34. The number of hydrogen-bond donors (Lipinski definition) is 1. The topological polar surface area (TPSA) is 87.1 Å². The van der Waals surface area contributed by atoms with Crippen molar-refractivity contribution in [3.63, 3.8) is 0 Å². The van der Waals surface area contributed by atoms with Crippen LogP contribution < -0.4 is 0 Å². The van der Waals surface area contributed by atoms with Crippen LogP contribution >= 0.6 is 0 Å². The first-order valence-corrected chi connectivity index (χ1v) is 9.58. The molecule has 2 aliphatic rings. The van der Waals surface area contributed by atoms with Gasteiger partial charge in [0, 0.05) is 69.6 Å². The molecule has 2 saturated heterocycles. The van der Waals surface area contributed by atoms with E-state index in [4.69, 9.17) is 0 Å². The van der Waals surface area contributed by atoms with Crippen LogP contribution in [0.25, 0.3) is 0 Å². The van der Waals surface area contributed by atoms with Gasteiger partial charge in [0.1, 0.15) is 0 Å². The molecule has 8 heteroatoms. The van der Waals surface area contributed by atoms with Gasteiger partial charge in [0.15, 0.2) is 0 Å². The number of carbonyl (C=O) groups excluding carboxylic acids is 2. The molecule has 2 fully saturated rings. The lowest BCUT2D eigenvalue weighted by Gasteiger charge is -2.48. The Kier molecular flexibility index (Phi) is 4.72. The molecule has 0 bridgehead atoms. The third-order valence-corrected chi connectivity index (χ3v) is 5.85. The number of nitrogens with one attached hydrogen (secondary N) is 1. The number of nitrogens with zero attached hydrogens (tertiary/aromatic N) is 5. The van der Waals surface area contributed by atoms with Gasteiger partial charge in [-0.2, -0.15) is 5.10 Å². The first-order valence-electron chi connectivity index (χ1n) is 9.58. The van der Waals surface area contributed by atoms with Gasteiger partial charge in [0.2, 0.25) is 5.91 Å². The van der Waals surface area contributed by atoms with Crippen LogP contribution in [-0.4, -0.2) is 67.5 Å². The lowest BCUT2D eigenvalue weighted by atomic mass is 9.73. The number of carbonyl (C=O) groups is 2. The van der Waals surface area contributed by atoms with Crippen molar-refractivity contribution in [2.24, 2.45) is 12.5 Å². The third kappa shape index (κ3) is 3.74. The molecule has 1 spiro atoms. The minimum atomic E-state index is 0.0119. The zero-order chi connectivity index (χ0) is 18.9. The first-order chi connectivity index (χ1) is 13.0. The van der Waals surface area contributed by atoms with E-state index in [2.05, 4.69) is 15.1 Å². The summed E-state index contributed by atoms with van der Waals surface area (Å²) in [5.74, 6) is 0.263. The molecule has 2 aromatic heterocycles. The van der Waals surface area contributed by atoms with Crippen molar-refractivity contribution in [1.82, 2.24) is 29.5 Å². The zero-order valence-electron chi connectivity index (χ0n) is 15.7. The maximum atomic E-state index is 12.8. The molecule has 2 amide bonds. The van der Waals surface area contributed by atoms with E-state index < -0.39 is 0 Å². The predicted octanol–water partition coefficient (Wildman–Crippen LogP) is 1.23. The Bertz CT molecular complexity index is 814. The molecule has 0 saturated carbocycles. The van der Waals surface area contributed by atoms with Gasteiger partial charge in [0.25, 0.3) is 5.91 Å². The molecule has 2 aliphatic heterocycles. The van der Waals surface area contributed by atoms with E-state index in [0.29, 0.717) is 25.1 Å². The first kappa shape index (κ1) is 17.8. The summed E-state index contributed by atoms with van der Waals surface area (Å²) in [7, 11) is 1.82. The van der Waals surface area contributed by atoms with E-state index >= 15 is 0 Å². The molecule has 0 radical (unpaired) electrons. The van der Waals surface area contributed by atoms with Crippen molar-refractivity contribution in [2.45, 2.75) is 32.1 Å². The van der Waals surface area contributed by atoms with Gasteiger partial charge in [-0.1, -0.05) is 0 Å². The van der Waals surface area contributed by atoms with Gasteiger partial charge >= 0.3 is 0 Å². The van der Waals surface area contributed by atoms with Crippen molar-refractivity contribution in [3.05, 3.63) is 36.2 Å². The third-order valence-electron chi connectivity index (χ3n) is 5.85. The largest absolute Gasteiger partial charge is 0.348 e. The molecule has 4 heterocycles. The minimum Gasteiger partial charge on any atom is -0.348 e. The number of H-pyrrole nitrogens is 1. The molecule has 4 rings (SSSR count). The number of aromatic amines is 1. The lowest BCUT2D eigenvalue weighted by molar-refractivity contribution is -0.138. The zero-order valence-corrected chi connectivity index (χ0v) is 15.7. The highest BCUT2D eigenvalue weighted by Crippen LogP contribution is 2.39. The van der Waals surface area contributed by atoms with Crippen LogP contribution in [0.1, 0.15) is 41.7 Å². The SMILES string of the molecule is Cn1cc(C(=O)N2CCC[C@]3(CCC(=O)N(CCc4cnc[nH]4)C3)C2)cn1. The van der Waals surface area contributed by atoms with Crippen LogP contribution in [0.3, 0.4) is 0 Å². The second-order valence-electron chi connectivity index (χ2n) is 7.88. The predicted molar refractivity (Wildman–Crippen MR) is 98.9 cm³/mol. The second kappa shape index (κ2) is 7.17. The molecule has 1 N–H and O–H groups in total. The summed E-state index contributed by atoms with van der Waals surface area (Å²) >= 11 is 0. The van der Waals surface area contributed by atoms with Crippen molar-refractivity contribution in [3.8, 4) is 0 Å². The Morgan fingerprint density at radius 3 is 2.93 bits per heavy atom. The van der Waals surface area contributed by atoms with E-state index in [0.717, 1.165) is 44.5 Å². The summed E-state index contributed by atoms with van der Waals surface area (Å²) in [4.78, 5) is 36.3. The van der Waals surface area contributed by atoms with E-state index in [1.165, 1.54) is 0 Å². The number of rotatable bonds is 4. The summed E-state index contributed by atoms with van der Waals surface area (Å²) in [5, 5.41) is 4.12. The van der Waals surface area contributed by atoms with E-state index in [9.17, 15) is 9.59 Å². The van der Waals surface area contributed by atoms with Gasteiger partial charge < -0.3 is 14.8 Å². The number of piperidine rings is 2. The van der Waals surface area contributed by atoms with E-state index in [1.807, 2.05) is 16.8 Å². The smallest absolute Gasteiger partial charge is 0.257 e. The molecule has 8 nitrogen and oxygen atoms in total. The van der Waals surface area contributed by atoms with Gasteiger partial charge in [0.05, 0.1) is 18.1 Å². The summed E-state index contributed by atoms with van der Waals surface area (Å²) in [6, 6.07) is 0. The number of likely N-dealkylation sites (tertiary alicyclic amines) is 2. The second-order valence-corrected chi connectivity index (χ2v) is 7.88. The lowest BCUT2D eigenvalue weighted by Crippen LogP contribution is -2.55.